The van der Waals surface area contributed by atoms with Crippen molar-refractivity contribution in [1.82, 2.24) is 0 Å². The molecule has 0 aliphatic carbocycles. The molecule has 0 saturated carbocycles. The number of aryl methyl sites for hydroxylation is 1. The summed E-state index contributed by atoms with van der Waals surface area (Å²) in [5, 5.41) is 0. The number of unbranched alkanes of at least 4 members (excludes halogenated alkanes) is 3. The Balaban J connectivity index is 1.46. The minimum absolute atomic E-state index is 0.736. The Labute approximate surface area is 136 Å². The van der Waals surface area contributed by atoms with Crippen molar-refractivity contribution in [3.05, 3.63) is 70.2 Å². The maximum Gasteiger partial charge on any atom is 0.0716 e. The van der Waals surface area contributed by atoms with Crippen LogP contribution in [-0.4, -0.2) is 6.61 Å². The van der Waals surface area contributed by atoms with Gasteiger partial charge in [0.15, 0.2) is 0 Å². The molecular formula is C19H23BrO. The minimum atomic E-state index is 0.736. The highest BCUT2D eigenvalue weighted by Gasteiger charge is 1.95. The SMILES string of the molecule is Brc1ccc(CCCCCCOCc2ccccc2)cc1. The Morgan fingerprint density at radius 1 is 0.714 bits per heavy atom. The molecule has 0 atom stereocenters. The van der Waals surface area contributed by atoms with Crippen molar-refractivity contribution in [2.45, 2.75) is 38.7 Å². The topological polar surface area (TPSA) is 9.23 Å². The molecule has 0 spiro atoms. The van der Waals surface area contributed by atoms with Crippen LogP contribution in [0.3, 0.4) is 0 Å². The second-order valence-electron chi connectivity index (χ2n) is 5.33. The fourth-order valence-electron chi connectivity index (χ4n) is 2.30. The van der Waals surface area contributed by atoms with Gasteiger partial charge >= 0.3 is 0 Å². The second kappa shape index (κ2) is 9.75. The smallest absolute Gasteiger partial charge is 0.0716 e. The van der Waals surface area contributed by atoms with E-state index < -0.39 is 0 Å². The van der Waals surface area contributed by atoms with E-state index in [9.17, 15) is 0 Å². The summed E-state index contributed by atoms with van der Waals surface area (Å²) in [7, 11) is 0. The number of ether oxygens (including phenoxy) is 1. The molecule has 0 N–H and O–H groups in total. The van der Waals surface area contributed by atoms with Crippen LogP contribution >= 0.6 is 15.9 Å². The third-order valence-electron chi connectivity index (χ3n) is 3.53. The summed E-state index contributed by atoms with van der Waals surface area (Å²) in [6.07, 6.45) is 6.14. The molecule has 0 fully saturated rings. The van der Waals surface area contributed by atoms with Crippen molar-refractivity contribution in [3.8, 4) is 0 Å². The summed E-state index contributed by atoms with van der Waals surface area (Å²) in [5.74, 6) is 0. The molecule has 0 bridgehead atoms. The third kappa shape index (κ3) is 6.92. The fourth-order valence-corrected chi connectivity index (χ4v) is 2.57. The predicted molar refractivity (Wildman–Crippen MR) is 92.4 cm³/mol. The minimum Gasteiger partial charge on any atom is -0.377 e. The van der Waals surface area contributed by atoms with Crippen LogP contribution in [0.15, 0.2) is 59.1 Å². The Hall–Kier alpha value is -1.12. The first kappa shape index (κ1) is 16.3. The van der Waals surface area contributed by atoms with Crippen molar-refractivity contribution < 1.29 is 4.74 Å². The maximum absolute atomic E-state index is 5.69. The lowest BCUT2D eigenvalue weighted by atomic mass is 10.1. The van der Waals surface area contributed by atoms with Gasteiger partial charge in [-0.05, 0) is 42.5 Å². The zero-order chi connectivity index (χ0) is 14.8. The van der Waals surface area contributed by atoms with Crippen LogP contribution in [0, 0.1) is 0 Å². The quantitative estimate of drug-likeness (QED) is 0.523. The molecule has 112 valence electrons. The molecule has 0 heterocycles. The van der Waals surface area contributed by atoms with Gasteiger partial charge in [-0.3, -0.25) is 0 Å². The van der Waals surface area contributed by atoms with Crippen LogP contribution in [-0.2, 0) is 17.8 Å². The van der Waals surface area contributed by atoms with Gasteiger partial charge in [-0.15, -0.1) is 0 Å². The first-order valence-corrected chi connectivity index (χ1v) is 8.50. The molecule has 0 amide bonds. The Bertz CT molecular complexity index is 493. The highest BCUT2D eigenvalue weighted by molar-refractivity contribution is 9.10. The highest BCUT2D eigenvalue weighted by atomic mass is 79.9. The molecule has 0 aromatic heterocycles. The first-order valence-electron chi connectivity index (χ1n) is 7.71. The molecule has 0 saturated heterocycles. The van der Waals surface area contributed by atoms with E-state index in [1.54, 1.807) is 0 Å². The monoisotopic (exact) mass is 346 g/mol. The first-order chi connectivity index (χ1) is 10.3. The average Bonchev–Trinajstić information content (AvgIpc) is 2.53. The summed E-state index contributed by atoms with van der Waals surface area (Å²) in [4.78, 5) is 0. The number of rotatable bonds is 9. The van der Waals surface area contributed by atoms with E-state index in [-0.39, 0.29) is 0 Å². The maximum atomic E-state index is 5.69. The van der Waals surface area contributed by atoms with Crippen LogP contribution in [0.2, 0.25) is 0 Å². The molecular weight excluding hydrogens is 324 g/mol. The lowest BCUT2D eigenvalue weighted by molar-refractivity contribution is 0.117. The van der Waals surface area contributed by atoms with Crippen LogP contribution in [0.4, 0.5) is 0 Å². The molecule has 0 aliphatic rings. The van der Waals surface area contributed by atoms with Gasteiger partial charge in [0.2, 0.25) is 0 Å². The molecule has 1 nitrogen and oxygen atoms in total. The van der Waals surface area contributed by atoms with Crippen molar-refractivity contribution in [1.29, 1.82) is 0 Å². The van der Waals surface area contributed by atoms with E-state index in [1.165, 1.54) is 36.8 Å². The zero-order valence-corrected chi connectivity index (χ0v) is 14.0. The number of hydrogen-bond donors (Lipinski definition) is 0. The Morgan fingerprint density at radius 2 is 1.43 bits per heavy atom. The molecule has 0 radical (unpaired) electrons. The van der Waals surface area contributed by atoms with Crippen LogP contribution in [0.25, 0.3) is 0 Å². The average molecular weight is 347 g/mol. The van der Waals surface area contributed by atoms with Gasteiger partial charge in [-0.2, -0.15) is 0 Å². The summed E-state index contributed by atoms with van der Waals surface area (Å²) in [5.41, 5.74) is 2.69. The van der Waals surface area contributed by atoms with E-state index in [0.717, 1.165) is 24.1 Å². The number of hydrogen-bond acceptors (Lipinski definition) is 1. The standard InChI is InChI=1S/C19H23BrO/c20-19-13-11-17(12-14-19)8-4-1-2-7-15-21-16-18-9-5-3-6-10-18/h3,5-6,9-14H,1-2,4,7-8,15-16H2. The van der Waals surface area contributed by atoms with Gasteiger partial charge < -0.3 is 4.74 Å². The number of benzene rings is 2. The van der Waals surface area contributed by atoms with Gasteiger partial charge in [0.1, 0.15) is 0 Å². The fraction of sp³-hybridized carbons (Fsp3) is 0.368. The van der Waals surface area contributed by atoms with E-state index in [2.05, 4.69) is 64.5 Å². The van der Waals surface area contributed by atoms with Crippen molar-refractivity contribution >= 4 is 15.9 Å². The van der Waals surface area contributed by atoms with Crippen LogP contribution in [0.5, 0.6) is 0 Å². The van der Waals surface area contributed by atoms with E-state index in [1.807, 2.05) is 6.07 Å². The van der Waals surface area contributed by atoms with Crippen molar-refractivity contribution in [2.75, 3.05) is 6.61 Å². The lowest BCUT2D eigenvalue weighted by Gasteiger charge is -2.05. The van der Waals surface area contributed by atoms with Gasteiger partial charge in [0.25, 0.3) is 0 Å². The summed E-state index contributed by atoms with van der Waals surface area (Å²) in [6, 6.07) is 19.0. The van der Waals surface area contributed by atoms with Gasteiger partial charge in [-0.1, -0.05) is 71.2 Å². The molecule has 2 rings (SSSR count). The van der Waals surface area contributed by atoms with E-state index in [0.29, 0.717) is 0 Å². The van der Waals surface area contributed by atoms with E-state index in [4.69, 9.17) is 4.74 Å². The van der Waals surface area contributed by atoms with Crippen LogP contribution < -0.4 is 0 Å². The van der Waals surface area contributed by atoms with Gasteiger partial charge in [-0.25, -0.2) is 0 Å². The summed E-state index contributed by atoms with van der Waals surface area (Å²) >= 11 is 3.47. The molecule has 0 unspecified atom stereocenters. The summed E-state index contributed by atoms with van der Waals surface area (Å²) < 4.78 is 6.85. The molecule has 0 aliphatic heterocycles. The predicted octanol–water partition coefficient (Wildman–Crippen LogP) is 5.77. The van der Waals surface area contributed by atoms with Crippen molar-refractivity contribution in [2.24, 2.45) is 0 Å². The van der Waals surface area contributed by atoms with Crippen LogP contribution in [0.1, 0.15) is 36.8 Å². The molecule has 21 heavy (non-hydrogen) atoms. The van der Waals surface area contributed by atoms with Gasteiger partial charge in [0, 0.05) is 11.1 Å². The number of halogens is 1. The second-order valence-corrected chi connectivity index (χ2v) is 6.24. The molecule has 2 heteroatoms. The largest absolute Gasteiger partial charge is 0.377 e. The normalized spacial score (nSPS) is 10.7. The highest BCUT2D eigenvalue weighted by Crippen LogP contribution is 2.13. The van der Waals surface area contributed by atoms with Gasteiger partial charge in [0.05, 0.1) is 6.61 Å². The Morgan fingerprint density at radius 3 is 2.19 bits per heavy atom. The Kier molecular flexibility index (Phi) is 7.55. The summed E-state index contributed by atoms with van der Waals surface area (Å²) in [6.45, 7) is 1.60. The third-order valence-corrected chi connectivity index (χ3v) is 4.06. The van der Waals surface area contributed by atoms with E-state index >= 15 is 0 Å². The lowest BCUT2D eigenvalue weighted by Crippen LogP contribution is -1.95. The molecule has 2 aromatic rings. The van der Waals surface area contributed by atoms with Crippen molar-refractivity contribution in [3.63, 3.8) is 0 Å². The zero-order valence-electron chi connectivity index (χ0n) is 12.4. The molecule has 2 aromatic carbocycles.